The number of benzene rings is 2. The molecule has 0 saturated heterocycles. The Labute approximate surface area is 177 Å². The molecule has 0 aliphatic carbocycles. The molecule has 4 heteroatoms. The number of pyridine rings is 1. The van der Waals surface area contributed by atoms with Gasteiger partial charge in [0.05, 0.1) is 17.8 Å². The normalized spacial score (nSPS) is 11.1. The third kappa shape index (κ3) is 3.73. The van der Waals surface area contributed by atoms with Crippen molar-refractivity contribution >= 4 is 17.2 Å². The highest BCUT2D eigenvalue weighted by molar-refractivity contribution is 5.94. The molecule has 2 aromatic heterocycles. The van der Waals surface area contributed by atoms with Crippen molar-refractivity contribution in [3.63, 3.8) is 0 Å². The molecule has 4 nitrogen and oxygen atoms in total. The molecule has 0 spiro atoms. The molecule has 0 aliphatic rings. The van der Waals surface area contributed by atoms with Gasteiger partial charge in [0.25, 0.3) is 0 Å². The first kappa shape index (κ1) is 19.9. The quantitative estimate of drug-likeness (QED) is 0.472. The Kier molecular flexibility index (Phi) is 5.40. The fourth-order valence-corrected chi connectivity index (χ4v) is 3.84. The van der Waals surface area contributed by atoms with Crippen LogP contribution in [0.5, 0.6) is 0 Å². The lowest BCUT2D eigenvalue weighted by Gasteiger charge is -2.11. The predicted molar refractivity (Wildman–Crippen MR) is 123 cm³/mol. The van der Waals surface area contributed by atoms with Crippen LogP contribution in [0.2, 0.25) is 0 Å². The van der Waals surface area contributed by atoms with E-state index in [1.807, 2.05) is 53.9 Å². The van der Waals surface area contributed by atoms with E-state index in [1.165, 1.54) is 11.1 Å². The Morgan fingerprint density at radius 1 is 0.967 bits per heavy atom. The van der Waals surface area contributed by atoms with Gasteiger partial charge >= 0.3 is 0 Å². The smallest absolute Gasteiger partial charge is 0.230 e. The van der Waals surface area contributed by atoms with Crippen LogP contribution in [0.4, 0.5) is 5.69 Å². The number of anilines is 1. The molecule has 4 aromatic rings. The Morgan fingerprint density at radius 3 is 2.53 bits per heavy atom. The van der Waals surface area contributed by atoms with Crippen LogP contribution in [0.25, 0.3) is 16.9 Å². The van der Waals surface area contributed by atoms with E-state index < -0.39 is 0 Å². The molecule has 2 aromatic carbocycles. The number of carbonyl (C=O) groups is 1. The summed E-state index contributed by atoms with van der Waals surface area (Å²) in [7, 11) is 0. The molecule has 152 valence electrons. The van der Waals surface area contributed by atoms with Gasteiger partial charge in [-0.1, -0.05) is 43.3 Å². The highest BCUT2D eigenvalue weighted by Crippen LogP contribution is 2.28. The van der Waals surface area contributed by atoms with Gasteiger partial charge in [-0.3, -0.25) is 4.79 Å². The molecule has 30 heavy (non-hydrogen) atoms. The SMILES string of the molecule is CCc1ccccc1NC(=O)Cc1c(-c2ccc(C)c(C)c2)nc2c(C)cccn12. The number of nitrogens with one attached hydrogen (secondary N) is 1. The molecule has 0 bridgehead atoms. The minimum atomic E-state index is -0.0377. The standard InChI is InChI=1S/C26H27N3O/c1-5-20-10-6-7-11-22(20)27-24(30)16-23-25(21-13-12-17(2)19(4)15-21)28-26-18(3)9-8-14-29(23)26/h6-15H,5,16H2,1-4H3,(H,27,30). The maximum atomic E-state index is 13.0. The van der Waals surface area contributed by atoms with Crippen LogP contribution in [0.3, 0.4) is 0 Å². The summed E-state index contributed by atoms with van der Waals surface area (Å²) in [5.74, 6) is -0.0377. The van der Waals surface area contributed by atoms with E-state index in [2.05, 4.69) is 44.3 Å². The summed E-state index contributed by atoms with van der Waals surface area (Å²) in [6.45, 7) is 8.35. The monoisotopic (exact) mass is 397 g/mol. The van der Waals surface area contributed by atoms with Gasteiger partial charge < -0.3 is 9.72 Å². The van der Waals surface area contributed by atoms with Crippen LogP contribution in [0.1, 0.15) is 34.9 Å². The first-order valence-corrected chi connectivity index (χ1v) is 10.4. The largest absolute Gasteiger partial charge is 0.325 e. The molecule has 2 heterocycles. The van der Waals surface area contributed by atoms with Gasteiger partial charge in [0.1, 0.15) is 5.65 Å². The zero-order chi connectivity index (χ0) is 21.3. The van der Waals surface area contributed by atoms with Crippen molar-refractivity contribution in [2.75, 3.05) is 5.32 Å². The van der Waals surface area contributed by atoms with Gasteiger partial charge in [0.15, 0.2) is 0 Å². The first-order valence-electron chi connectivity index (χ1n) is 10.4. The van der Waals surface area contributed by atoms with Crippen LogP contribution in [0.15, 0.2) is 60.8 Å². The molecule has 0 atom stereocenters. The summed E-state index contributed by atoms with van der Waals surface area (Å²) in [4.78, 5) is 18.0. The minimum absolute atomic E-state index is 0.0377. The van der Waals surface area contributed by atoms with Crippen molar-refractivity contribution in [3.05, 3.63) is 88.7 Å². The number of aromatic nitrogens is 2. The van der Waals surface area contributed by atoms with E-state index in [0.29, 0.717) is 0 Å². The van der Waals surface area contributed by atoms with Crippen molar-refractivity contribution in [1.82, 2.24) is 9.38 Å². The summed E-state index contributed by atoms with van der Waals surface area (Å²) in [6.07, 6.45) is 3.12. The summed E-state index contributed by atoms with van der Waals surface area (Å²) < 4.78 is 2.05. The fraction of sp³-hybridized carbons (Fsp3) is 0.231. The number of imidazole rings is 1. The third-order valence-corrected chi connectivity index (χ3v) is 5.72. The second kappa shape index (κ2) is 8.15. The molecule has 0 saturated carbocycles. The number of para-hydroxylation sites is 1. The highest BCUT2D eigenvalue weighted by atomic mass is 16.1. The zero-order valence-electron chi connectivity index (χ0n) is 18.0. The van der Waals surface area contributed by atoms with Crippen molar-refractivity contribution in [2.24, 2.45) is 0 Å². The molecule has 0 fully saturated rings. The van der Waals surface area contributed by atoms with Crippen molar-refractivity contribution < 1.29 is 4.79 Å². The maximum Gasteiger partial charge on any atom is 0.230 e. The summed E-state index contributed by atoms with van der Waals surface area (Å²) in [5.41, 5.74) is 9.26. The Hall–Kier alpha value is -3.40. The average molecular weight is 398 g/mol. The lowest BCUT2D eigenvalue weighted by Crippen LogP contribution is -2.17. The number of carbonyl (C=O) groups excluding carboxylic acids is 1. The van der Waals surface area contributed by atoms with Crippen LogP contribution < -0.4 is 5.32 Å². The third-order valence-electron chi connectivity index (χ3n) is 5.72. The van der Waals surface area contributed by atoms with Gasteiger partial charge in [-0.05, 0) is 67.6 Å². The number of hydrogen-bond donors (Lipinski definition) is 1. The van der Waals surface area contributed by atoms with Gasteiger partial charge in [-0.25, -0.2) is 4.98 Å². The second-order valence-corrected chi connectivity index (χ2v) is 7.83. The van der Waals surface area contributed by atoms with E-state index in [4.69, 9.17) is 4.98 Å². The molecule has 0 unspecified atom stereocenters. The number of amides is 1. The Balaban J connectivity index is 1.76. The van der Waals surface area contributed by atoms with E-state index in [9.17, 15) is 4.79 Å². The van der Waals surface area contributed by atoms with Gasteiger partial charge in [-0.15, -0.1) is 0 Å². The number of fused-ring (bicyclic) bond motifs is 1. The Bertz CT molecular complexity index is 1240. The minimum Gasteiger partial charge on any atom is -0.325 e. The van der Waals surface area contributed by atoms with Crippen LogP contribution in [-0.4, -0.2) is 15.3 Å². The lowest BCUT2D eigenvalue weighted by molar-refractivity contribution is -0.115. The zero-order valence-corrected chi connectivity index (χ0v) is 18.0. The molecular formula is C26H27N3O. The predicted octanol–water partition coefficient (Wildman–Crippen LogP) is 5.67. The van der Waals surface area contributed by atoms with Crippen LogP contribution >= 0.6 is 0 Å². The number of aryl methyl sites for hydroxylation is 4. The Morgan fingerprint density at radius 2 is 1.77 bits per heavy atom. The maximum absolute atomic E-state index is 13.0. The van der Waals surface area contributed by atoms with Crippen molar-refractivity contribution in [2.45, 2.75) is 40.5 Å². The van der Waals surface area contributed by atoms with E-state index in [-0.39, 0.29) is 12.3 Å². The molecular weight excluding hydrogens is 370 g/mol. The summed E-state index contributed by atoms with van der Waals surface area (Å²) >= 11 is 0. The molecule has 1 N–H and O–H groups in total. The van der Waals surface area contributed by atoms with Crippen molar-refractivity contribution in [1.29, 1.82) is 0 Å². The second-order valence-electron chi connectivity index (χ2n) is 7.83. The highest BCUT2D eigenvalue weighted by Gasteiger charge is 2.19. The first-order chi connectivity index (χ1) is 14.5. The number of rotatable bonds is 5. The molecule has 0 aliphatic heterocycles. The van der Waals surface area contributed by atoms with Gasteiger partial charge in [-0.2, -0.15) is 0 Å². The summed E-state index contributed by atoms with van der Waals surface area (Å²) in [6, 6.07) is 18.4. The van der Waals surface area contributed by atoms with Crippen molar-refractivity contribution in [3.8, 4) is 11.3 Å². The summed E-state index contributed by atoms with van der Waals surface area (Å²) in [5, 5.41) is 3.10. The van der Waals surface area contributed by atoms with Gasteiger partial charge in [0.2, 0.25) is 5.91 Å². The van der Waals surface area contributed by atoms with Gasteiger partial charge in [0, 0.05) is 17.4 Å². The topological polar surface area (TPSA) is 46.4 Å². The average Bonchev–Trinajstić information content (AvgIpc) is 3.10. The molecule has 1 amide bonds. The van der Waals surface area contributed by atoms with E-state index in [1.54, 1.807) is 0 Å². The molecule has 4 rings (SSSR count). The van der Waals surface area contributed by atoms with Crippen LogP contribution in [-0.2, 0) is 17.6 Å². The lowest BCUT2D eigenvalue weighted by atomic mass is 10.0. The fourth-order valence-electron chi connectivity index (χ4n) is 3.84. The molecule has 0 radical (unpaired) electrons. The van der Waals surface area contributed by atoms with E-state index >= 15 is 0 Å². The number of hydrogen-bond acceptors (Lipinski definition) is 2. The van der Waals surface area contributed by atoms with Crippen LogP contribution in [0, 0.1) is 20.8 Å². The van der Waals surface area contributed by atoms with E-state index in [0.717, 1.165) is 45.8 Å². The number of nitrogens with zero attached hydrogens (tertiary/aromatic N) is 2.